The summed E-state index contributed by atoms with van der Waals surface area (Å²) < 4.78 is 18.1. The zero-order valence-electron chi connectivity index (χ0n) is 11.9. The first-order valence-electron chi connectivity index (χ1n) is 6.47. The van der Waals surface area contributed by atoms with Gasteiger partial charge in [-0.05, 0) is 54.4 Å². The second-order valence-electron chi connectivity index (χ2n) is 4.72. The summed E-state index contributed by atoms with van der Waals surface area (Å²) in [6, 6.07) is 10.5. The van der Waals surface area contributed by atoms with E-state index in [0.29, 0.717) is 5.69 Å². The van der Waals surface area contributed by atoms with Crippen molar-refractivity contribution in [1.29, 1.82) is 0 Å². The van der Waals surface area contributed by atoms with Gasteiger partial charge in [-0.25, -0.2) is 4.39 Å². The van der Waals surface area contributed by atoms with Crippen LogP contribution in [0.3, 0.4) is 0 Å². The number of carbonyl (C=O) groups is 1. The molecule has 0 heterocycles. The number of methoxy groups -OCH3 is 1. The number of hydrogen-bond acceptors (Lipinski definition) is 3. The maximum Gasteiger partial charge on any atom is 0.244 e. The van der Waals surface area contributed by atoms with Crippen LogP contribution in [0, 0.1) is 12.7 Å². The number of ether oxygens (including phenoxy) is 1. The summed E-state index contributed by atoms with van der Waals surface area (Å²) in [6.45, 7) is 1.89. The van der Waals surface area contributed by atoms with E-state index >= 15 is 0 Å². The maximum absolute atomic E-state index is 12.9. The minimum absolute atomic E-state index is 0.337. The third-order valence-electron chi connectivity index (χ3n) is 3.19. The quantitative estimate of drug-likeness (QED) is 0.889. The topological polar surface area (TPSA) is 64.3 Å². The smallest absolute Gasteiger partial charge is 0.244 e. The molecule has 0 radical (unpaired) electrons. The van der Waals surface area contributed by atoms with E-state index in [4.69, 9.17) is 10.5 Å². The van der Waals surface area contributed by atoms with Gasteiger partial charge in [-0.2, -0.15) is 0 Å². The second-order valence-corrected chi connectivity index (χ2v) is 4.72. The van der Waals surface area contributed by atoms with E-state index in [1.807, 2.05) is 13.0 Å². The van der Waals surface area contributed by atoms with E-state index in [2.05, 4.69) is 5.32 Å². The fourth-order valence-corrected chi connectivity index (χ4v) is 2.11. The number of primary amides is 1. The highest BCUT2D eigenvalue weighted by molar-refractivity contribution is 5.84. The Bertz CT molecular complexity index is 641. The number of anilines is 1. The monoisotopic (exact) mass is 288 g/mol. The van der Waals surface area contributed by atoms with Crippen LogP contribution in [0.5, 0.6) is 5.75 Å². The first-order valence-corrected chi connectivity index (χ1v) is 6.47. The lowest BCUT2D eigenvalue weighted by molar-refractivity contribution is -0.118. The molecule has 1 atom stereocenters. The summed E-state index contributed by atoms with van der Waals surface area (Å²) >= 11 is 0. The highest BCUT2D eigenvalue weighted by Gasteiger charge is 2.18. The third-order valence-corrected chi connectivity index (χ3v) is 3.19. The third kappa shape index (κ3) is 3.51. The van der Waals surface area contributed by atoms with Crippen molar-refractivity contribution in [1.82, 2.24) is 0 Å². The predicted octanol–water partition coefficient (Wildman–Crippen LogP) is 2.78. The summed E-state index contributed by atoms with van der Waals surface area (Å²) in [5, 5.41) is 3.00. The molecule has 4 nitrogen and oxygen atoms in total. The number of nitrogens with two attached hydrogens (primary N) is 1. The molecule has 1 unspecified atom stereocenters. The van der Waals surface area contributed by atoms with Crippen LogP contribution >= 0.6 is 0 Å². The number of aryl methyl sites for hydroxylation is 1. The second kappa shape index (κ2) is 6.26. The maximum atomic E-state index is 12.9. The molecular weight excluding hydrogens is 271 g/mol. The Hall–Kier alpha value is -2.56. The van der Waals surface area contributed by atoms with Gasteiger partial charge in [0.25, 0.3) is 0 Å². The van der Waals surface area contributed by atoms with Crippen LogP contribution in [-0.4, -0.2) is 13.0 Å². The summed E-state index contributed by atoms with van der Waals surface area (Å²) in [7, 11) is 1.59. The van der Waals surface area contributed by atoms with Gasteiger partial charge in [-0.1, -0.05) is 6.07 Å². The fourth-order valence-electron chi connectivity index (χ4n) is 2.11. The zero-order chi connectivity index (χ0) is 15.4. The van der Waals surface area contributed by atoms with Gasteiger partial charge in [0.1, 0.15) is 17.6 Å². The number of carbonyl (C=O) groups excluding carboxylic acids is 1. The lowest BCUT2D eigenvalue weighted by Gasteiger charge is -2.18. The normalized spacial score (nSPS) is 11.8. The molecule has 21 heavy (non-hydrogen) atoms. The van der Waals surface area contributed by atoms with E-state index in [9.17, 15) is 9.18 Å². The molecular formula is C16H17FN2O2. The molecule has 110 valence electrons. The molecule has 0 bridgehead atoms. The molecule has 5 heteroatoms. The predicted molar refractivity (Wildman–Crippen MR) is 79.7 cm³/mol. The van der Waals surface area contributed by atoms with E-state index in [-0.39, 0.29) is 5.82 Å². The van der Waals surface area contributed by atoms with Gasteiger partial charge in [0.2, 0.25) is 5.91 Å². The molecule has 0 fully saturated rings. The number of halogens is 1. The summed E-state index contributed by atoms with van der Waals surface area (Å²) in [5.41, 5.74) is 7.71. The minimum atomic E-state index is -0.694. The molecule has 1 amide bonds. The summed E-state index contributed by atoms with van der Waals surface area (Å²) in [6.07, 6.45) is 0. The summed E-state index contributed by atoms with van der Waals surface area (Å²) in [5.74, 6) is -0.107. The lowest BCUT2D eigenvalue weighted by Crippen LogP contribution is -2.27. The first-order chi connectivity index (χ1) is 10.0. The van der Waals surface area contributed by atoms with Crippen molar-refractivity contribution in [2.45, 2.75) is 13.0 Å². The Morgan fingerprint density at radius 3 is 2.43 bits per heavy atom. The SMILES string of the molecule is COc1ccc(C(Nc2ccc(F)cc2)C(N)=O)cc1C. The Balaban J connectivity index is 2.28. The highest BCUT2D eigenvalue weighted by atomic mass is 19.1. The van der Waals surface area contributed by atoms with Crippen LogP contribution in [0.1, 0.15) is 17.2 Å². The van der Waals surface area contributed by atoms with Crippen molar-refractivity contribution in [3.05, 3.63) is 59.4 Å². The molecule has 0 aromatic heterocycles. The minimum Gasteiger partial charge on any atom is -0.496 e. The number of hydrogen-bond donors (Lipinski definition) is 2. The average molecular weight is 288 g/mol. The van der Waals surface area contributed by atoms with Gasteiger partial charge in [-0.15, -0.1) is 0 Å². The molecule has 0 saturated carbocycles. The standard InChI is InChI=1S/C16H17FN2O2/c1-10-9-11(3-8-14(10)21-2)15(16(18)20)19-13-6-4-12(17)5-7-13/h3-9,15,19H,1-2H3,(H2,18,20). The van der Waals surface area contributed by atoms with E-state index < -0.39 is 11.9 Å². The molecule has 2 rings (SSSR count). The Labute approximate surface area is 122 Å². The molecule has 0 saturated heterocycles. The molecule has 0 spiro atoms. The number of amides is 1. The average Bonchev–Trinajstić information content (AvgIpc) is 2.46. The zero-order valence-corrected chi connectivity index (χ0v) is 11.9. The van der Waals surface area contributed by atoms with Gasteiger partial charge in [-0.3, -0.25) is 4.79 Å². The van der Waals surface area contributed by atoms with Gasteiger partial charge in [0, 0.05) is 5.69 Å². The van der Waals surface area contributed by atoms with Crippen molar-refractivity contribution < 1.29 is 13.9 Å². The molecule has 0 aliphatic rings. The van der Waals surface area contributed by atoms with Crippen molar-refractivity contribution in [2.75, 3.05) is 12.4 Å². The fraction of sp³-hybridized carbons (Fsp3) is 0.188. The Morgan fingerprint density at radius 1 is 1.24 bits per heavy atom. The van der Waals surface area contributed by atoms with Crippen molar-refractivity contribution in [3.8, 4) is 5.75 Å². The van der Waals surface area contributed by atoms with Gasteiger partial charge in [0.05, 0.1) is 7.11 Å². The lowest BCUT2D eigenvalue weighted by atomic mass is 10.0. The van der Waals surface area contributed by atoms with Crippen LogP contribution in [0.2, 0.25) is 0 Å². The van der Waals surface area contributed by atoms with Crippen LogP contribution in [0.15, 0.2) is 42.5 Å². The Morgan fingerprint density at radius 2 is 1.90 bits per heavy atom. The number of nitrogens with one attached hydrogen (secondary N) is 1. The van der Waals surface area contributed by atoms with Crippen LogP contribution < -0.4 is 15.8 Å². The van der Waals surface area contributed by atoms with Gasteiger partial charge in [0.15, 0.2) is 0 Å². The van der Waals surface area contributed by atoms with Gasteiger partial charge >= 0.3 is 0 Å². The van der Waals surface area contributed by atoms with Crippen molar-refractivity contribution in [2.24, 2.45) is 5.73 Å². The number of rotatable bonds is 5. The Kier molecular flexibility index (Phi) is 4.42. The largest absolute Gasteiger partial charge is 0.496 e. The van der Waals surface area contributed by atoms with Crippen molar-refractivity contribution >= 4 is 11.6 Å². The molecule has 2 aromatic carbocycles. The molecule has 0 aliphatic heterocycles. The highest BCUT2D eigenvalue weighted by Crippen LogP contribution is 2.25. The first kappa shape index (κ1) is 14.8. The van der Waals surface area contributed by atoms with Crippen LogP contribution in [0.4, 0.5) is 10.1 Å². The van der Waals surface area contributed by atoms with E-state index in [1.165, 1.54) is 12.1 Å². The van der Waals surface area contributed by atoms with Crippen LogP contribution in [-0.2, 0) is 4.79 Å². The molecule has 2 aromatic rings. The molecule has 0 aliphatic carbocycles. The summed E-state index contributed by atoms with van der Waals surface area (Å²) in [4.78, 5) is 11.7. The van der Waals surface area contributed by atoms with Gasteiger partial charge < -0.3 is 15.8 Å². The van der Waals surface area contributed by atoms with E-state index in [1.54, 1.807) is 31.4 Å². The van der Waals surface area contributed by atoms with Crippen molar-refractivity contribution in [3.63, 3.8) is 0 Å². The van der Waals surface area contributed by atoms with Crippen LogP contribution in [0.25, 0.3) is 0 Å². The van der Waals surface area contributed by atoms with E-state index in [0.717, 1.165) is 16.9 Å². The number of benzene rings is 2. The molecule has 3 N–H and O–H groups in total.